The van der Waals surface area contributed by atoms with Crippen molar-refractivity contribution in [3.05, 3.63) is 23.5 Å². The number of hydrogen-bond acceptors (Lipinski definition) is 3. The topological polar surface area (TPSA) is 46.5 Å². The second-order valence-electron chi connectivity index (χ2n) is 10.1. The van der Waals surface area contributed by atoms with Gasteiger partial charge >= 0.3 is 0 Å². The van der Waals surface area contributed by atoms with Gasteiger partial charge in [-0.3, -0.25) is 0 Å². The summed E-state index contributed by atoms with van der Waals surface area (Å²) in [5.74, 6) is 2.60. The normalized spacial score (nSPS) is 48.7. The summed E-state index contributed by atoms with van der Waals surface area (Å²) in [6.45, 7) is 2.30. The van der Waals surface area contributed by atoms with Crippen LogP contribution in [0.4, 0.5) is 0 Å². The van der Waals surface area contributed by atoms with Crippen molar-refractivity contribution in [2.24, 2.45) is 28.6 Å². The third-order valence-corrected chi connectivity index (χ3v) is 9.13. The van der Waals surface area contributed by atoms with Crippen LogP contribution in [0.1, 0.15) is 77.6 Å². The molecule has 5 aliphatic rings. The van der Waals surface area contributed by atoms with Crippen molar-refractivity contribution < 1.29 is 14.6 Å². The second-order valence-corrected chi connectivity index (χ2v) is 10.1. The Morgan fingerprint density at radius 3 is 2.78 bits per heavy atom. The smallest absolute Gasteiger partial charge is 0.134 e. The summed E-state index contributed by atoms with van der Waals surface area (Å²) < 4.78 is 6.56. The predicted octanol–water partition coefficient (Wildman–Crippen LogP) is 4.94. The molecular formula is C24H34O3. The largest absolute Gasteiger partial charge is 0.494 e. The number of rotatable bonds is 3. The molecule has 0 amide bonds. The van der Waals surface area contributed by atoms with Gasteiger partial charge in [0.05, 0.1) is 17.3 Å². The van der Waals surface area contributed by atoms with Crippen LogP contribution in [0.5, 0.6) is 0 Å². The number of carbonyl (C=O) groups excluding carboxylic acids is 1. The molecule has 0 spiro atoms. The van der Waals surface area contributed by atoms with E-state index in [1.165, 1.54) is 18.3 Å². The molecular weight excluding hydrogens is 336 g/mol. The first-order valence-corrected chi connectivity index (χ1v) is 11.3. The third-order valence-electron chi connectivity index (χ3n) is 9.13. The molecule has 0 saturated heterocycles. The van der Waals surface area contributed by atoms with Crippen LogP contribution in [0.25, 0.3) is 0 Å². The highest BCUT2D eigenvalue weighted by atomic mass is 16.5. The van der Waals surface area contributed by atoms with Crippen molar-refractivity contribution in [1.29, 1.82) is 0 Å². The van der Waals surface area contributed by atoms with Crippen LogP contribution >= 0.6 is 0 Å². The number of aliphatic hydroxyl groups is 1. The Morgan fingerprint density at radius 2 is 2.00 bits per heavy atom. The number of fused-ring (bicyclic) bond motifs is 5. The minimum absolute atomic E-state index is 0.0165. The van der Waals surface area contributed by atoms with Gasteiger partial charge in [0.25, 0.3) is 0 Å². The quantitative estimate of drug-likeness (QED) is 0.565. The van der Waals surface area contributed by atoms with E-state index >= 15 is 0 Å². The fraction of sp³-hybridized carbons (Fsp3) is 0.792. The van der Waals surface area contributed by atoms with E-state index in [-0.39, 0.29) is 17.6 Å². The first-order chi connectivity index (χ1) is 13.1. The van der Waals surface area contributed by atoms with E-state index in [2.05, 4.69) is 19.1 Å². The fourth-order valence-electron chi connectivity index (χ4n) is 7.68. The molecule has 0 aromatic heterocycles. The number of aliphatic hydroxyl groups excluding tert-OH is 1. The van der Waals surface area contributed by atoms with Crippen molar-refractivity contribution in [3.63, 3.8) is 0 Å². The van der Waals surface area contributed by atoms with Crippen LogP contribution in [0, 0.1) is 28.6 Å². The van der Waals surface area contributed by atoms with Gasteiger partial charge in [0.15, 0.2) is 0 Å². The molecule has 4 unspecified atom stereocenters. The summed E-state index contributed by atoms with van der Waals surface area (Å²) in [6, 6.07) is 0. The monoisotopic (exact) mass is 370 g/mol. The van der Waals surface area contributed by atoms with Crippen LogP contribution in [-0.2, 0) is 9.53 Å². The van der Waals surface area contributed by atoms with Gasteiger partial charge in [0, 0.05) is 6.42 Å². The van der Waals surface area contributed by atoms with Crippen LogP contribution in [0.2, 0.25) is 0 Å². The minimum atomic E-state index is -0.417. The number of carbonyl (C=O) groups is 1. The summed E-state index contributed by atoms with van der Waals surface area (Å²) in [5.41, 5.74) is 1.01. The molecule has 7 atom stereocenters. The van der Waals surface area contributed by atoms with Crippen molar-refractivity contribution in [2.45, 2.75) is 89.8 Å². The molecule has 0 aromatic rings. The lowest BCUT2D eigenvalue weighted by Crippen LogP contribution is -2.57. The zero-order valence-electron chi connectivity index (χ0n) is 16.7. The molecule has 0 radical (unpaired) electrons. The lowest BCUT2D eigenvalue weighted by atomic mass is 9.47. The van der Waals surface area contributed by atoms with E-state index in [1.54, 1.807) is 0 Å². The Morgan fingerprint density at radius 1 is 1.11 bits per heavy atom. The van der Waals surface area contributed by atoms with Gasteiger partial charge in [0.1, 0.15) is 12.4 Å². The predicted molar refractivity (Wildman–Crippen MR) is 105 cm³/mol. The van der Waals surface area contributed by atoms with Gasteiger partial charge in [-0.1, -0.05) is 18.6 Å². The average Bonchev–Trinajstić information content (AvgIpc) is 3.29. The highest BCUT2D eigenvalue weighted by Gasteiger charge is 2.62. The van der Waals surface area contributed by atoms with Gasteiger partial charge in [-0.25, -0.2) is 0 Å². The van der Waals surface area contributed by atoms with E-state index in [1.807, 2.05) is 0 Å². The van der Waals surface area contributed by atoms with Crippen LogP contribution in [0.15, 0.2) is 23.5 Å². The summed E-state index contributed by atoms with van der Waals surface area (Å²) in [7, 11) is 0. The van der Waals surface area contributed by atoms with E-state index in [9.17, 15) is 9.90 Å². The molecule has 0 aliphatic heterocycles. The van der Waals surface area contributed by atoms with Crippen LogP contribution < -0.4 is 0 Å². The van der Waals surface area contributed by atoms with Gasteiger partial charge in [-0.15, -0.1) is 0 Å². The first-order valence-electron chi connectivity index (χ1n) is 11.3. The molecule has 3 nitrogen and oxygen atoms in total. The van der Waals surface area contributed by atoms with Crippen LogP contribution in [0.3, 0.4) is 0 Å². The molecule has 1 N–H and O–H groups in total. The van der Waals surface area contributed by atoms with Crippen molar-refractivity contribution in [3.8, 4) is 0 Å². The van der Waals surface area contributed by atoms with Crippen molar-refractivity contribution in [1.82, 2.24) is 0 Å². The Labute approximate surface area is 163 Å². The molecule has 0 heterocycles. The zero-order valence-corrected chi connectivity index (χ0v) is 16.7. The first kappa shape index (κ1) is 18.0. The van der Waals surface area contributed by atoms with Crippen molar-refractivity contribution in [2.75, 3.05) is 0 Å². The molecule has 3 heteroatoms. The number of allylic oxidation sites excluding steroid dienone is 3. The summed E-state index contributed by atoms with van der Waals surface area (Å²) in [6.07, 6.45) is 17.6. The Bertz CT molecular complexity index is 679. The molecule has 0 aromatic carbocycles. The fourth-order valence-corrected chi connectivity index (χ4v) is 7.68. The Hall–Kier alpha value is -1.09. The van der Waals surface area contributed by atoms with E-state index < -0.39 is 5.41 Å². The van der Waals surface area contributed by atoms with Gasteiger partial charge in [-0.05, 0) is 93.5 Å². The highest BCUT2D eigenvalue weighted by molar-refractivity contribution is 5.68. The second kappa shape index (κ2) is 6.47. The Kier molecular flexibility index (Phi) is 4.31. The highest BCUT2D eigenvalue weighted by Crippen LogP contribution is 2.64. The zero-order chi connectivity index (χ0) is 18.6. The van der Waals surface area contributed by atoms with Crippen LogP contribution in [-0.4, -0.2) is 23.6 Å². The molecule has 5 aliphatic carbocycles. The maximum Gasteiger partial charge on any atom is 0.134 e. The Balaban J connectivity index is 1.52. The standard InChI is InChI=1S/C24H34O3/c1-23-14-13-20-18(19(23)11-12-21(23)26)10-9-16-5-4-8-22(24(16,20)15-25)27-17-6-2-3-7-17/h6,9,15,18-22,26H,2-5,7-8,10-14H2,1H3/t18?,19?,20?,21-,22?,23-,24-/m0/s1. The molecule has 27 heavy (non-hydrogen) atoms. The van der Waals surface area contributed by atoms with E-state index in [0.717, 1.165) is 70.0 Å². The molecule has 0 bridgehead atoms. The maximum absolute atomic E-state index is 12.8. The lowest BCUT2D eigenvalue weighted by Gasteiger charge is -2.58. The van der Waals surface area contributed by atoms with E-state index in [4.69, 9.17) is 4.74 Å². The lowest BCUT2D eigenvalue weighted by molar-refractivity contribution is -0.142. The minimum Gasteiger partial charge on any atom is -0.494 e. The summed E-state index contributed by atoms with van der Waals surface area (Å²) in [4.78, 5) is 12.8. The van der Waals surface area contributed by atoms with Gasteiger partial charge in [0.2, 0.25) is 0 Å². The number of aldehydes is 1. The molecule has 5 rings (SSSR count). The van der Waals surface area contributed by atoms with Gasteiger partial charge < -0.3 is 14.6 Å². The number of ether oxygens (including phenoxy) is 1. The van der Waals surface area contributed by atoms with Gasteiger partial charge in [-0.2, -0.15) is 0 Å². The summed E-state index contributed by atoms with van der Waals surface area (Å²) >= 11 is 0. The SMILES string of the molecule is C[C@]12CCC3C(CC=C4CCCC(OC5=CCCC5)[C@@]43C=O)C1CC[C@@H]2O. The molecule has 3 saturated carbocycles. The van der Waals surface area contributed by atoms with Crippen molar-refractivity contribution >= 4 is 6.29 Å². The summed E-state index contributed by atoms with van der Waals surface area (Å²) in [5, 5.41) is 10.7. The number of hydrogen-bond donors (Lipinski definition) is 1. The molecule has 148 valence electrons. The maximum atomic E-state index is 12.8. The molecule has 3 fully saturated rings. The average molecular weight is 371 g/mol. The van der Waals surface area contributed by atoms with E-state index in [0.29, 0.717) is 17.8 Å². The third kappa shape index (κ3) is 2.46.